The lowest BCUT2D eigenvalue weighted by molar-refractivity contribution is -0.121. The van der Waals surface area contributed by atoms with Crippen LogP contribution >= 0.6 is 11.6 Å². The van der Waals surface area contributed by atoms with Gasteiger partial charge < -0.3 is 10.1 Å². The Balaban J connectivity index is 1.85. The first-order valence-electron chi connectivity index (χ1n) is 7.95. The second-order valence-corrected chi connectivity index (χ2v) is 6.51. The highest BCUT2D eigenvalue weighted by molar-refractivity contribution is 6.33. The highest BCUT2D eigenvalue weighted by Gasteiger charge is 2.39. The summed E-state index contributed by atoms with van der Waals surface area (Å²) in [7, 11) is 1.51. The summed E-state index contributed by atoms with van der Waals surface area (Å²) in [5, 5.41) is 3.55. The lowest BCUT2D eigenvalue weighted by Gasteiger charge is -2.18. The fourth-order valence-corrected chi connectivity index (χ4v) is 3.14. The Bertz CT molecular complexity index is 851. The van der Waals surface area contributed by atoms with Crippen molar-refractivity contribution < 1.29 is 14.3 Å². The maximum atomic E-state index is 12.8. The van der Waals surface area contributed by atoms with Gasteiger partial charge in [0.05, 0.1) is 24.2 Å². The number of methoxy groups -OCH3 is 1. The lowest BCUT2D eigenvalue weighted by atomic mass is 10.1. The molecule has 0 aromatic heterocycles. The number of amides is 2. The van der Waals surface area contributed by atoms with E-state index in [2.05, 4.69) is 5.32 Å². The van der Waals surface area contributed by atoms with Crippen molar-refractivity contribution in [3.63, 3.8) is 0 Å². The number of carbonyl (C=O) groups excluding carboxylic acids is 2. The quantitative estimate of drug-likeness (QED) is 0.846. The maximum absolute atomic E-state index is 12.8. The average Bonchev–Trinajstić information content (AvgIpc) is 2.85. The van der Waals surface area contributed by atoms with Crippen LogP contribution in [0.2, 0.25) is 5.02 Å². The van der Waals surface area contributed by atoms with E-state index in [1.807, 2.05) is 32.0 Å². The van der Waals surface area contributed by atoms with E-state index in [4.69, 9.17) is 16.3 Å². The van der Waals surface area contributed by atoms with Crippen molar-refractivity contribution in [2.24, 2.45) is 0 Å². The average molecular weight is 359 g/mol. The molecular weight excluding hydrogens is 340 g/mol. The number of nitrogens with one attached hydrogen (secondary N) is 1. The highest BCUT2D eigenvalue weighted by Crippen LogP contribution is 2.32. The van der Waals surface area contributed by atoms with Crippen LogP contribution in [0.1, 0.15) is 17.5 Å². The Hall–Kier alpha value is -2.53. The molecule has 1 N–H and O–H groups in total. The van der Waals surface area contributed by atoms with Crippen LogP contribution in [0.5, 0.6) is 5.75 Å². The van der Waals surface area contributed by atoms with Crippen LogP contribution < -0.4 is 15.0 Å². The molecule has 5 nitrogen and oxygen atoms in total. The van der Waals surface area contributed by atoms with Crippen molar-refractivity contribution in [1.82, 2.24) is 0 Å². The molecular formula is C19H19ClN2O3. The summed E-state index contributed by atoms with van der Waals surface area (Å²) >= 11 is 6.12. The number of imide groups is 1. The normalized spacial score (nSPS) is 17.1. The first-order valence-corrected chi connectivity index (χ1v) is 8.32. The van der Waals surface area contributed by atoms with Gasteiger partial charge in [0.2, 0.25) is 5.91 Å². The van der Waals surface area contributed by atoms with Gasteiger partial charge in [-0.05, 0) is 49.2 Å². The predicted octanol–water partition coefficient (Wildman–Crippen LogP) is 3.71. The minimum Gasteiger partial charge on any atom is -0.495 e. The van der Waals surface area contributed by atoms with Gasteiger partial charge in [-0.25, -0.2) is 4.90 Å². The molecule has 25 heavy (non-hydrogen) atoms. The van der Waals surface area contributed by atoms with E-state index in [0.29, 0.717) is 16.5 Å². The molecule has 0 unspecified atom stereocenters. The molecule has 1 fully saturated rings. The maximum Gasteiger partial charge on any atom is 0.256 e. The molecule has 3 rings (SSSR count). The van der Waals surface area contributed by atoms with E-state index in [9.17, 15) is 9.59 Å². The van der Waals surface area contributed by atoms with Crippen LogP contribution in [-0.4, -0.2) is 25.0 Å². The molecule has 0 aliphatic carbocycles. The molecule has 2 amide bonds. The monoisotopic (exact) mass is 358 g/mol. The largest absolute Gasteiger partial charge is 0.495 e. The lowest BCUT2D eigenvalue weighted by Crippen LogP contribution is -2.34. The summed E-state index contributed by atoms with van der Waals surface area (Å²) < 4.78 is 5.11. The molecule has 1 heterocycles. The van der Waals surface area contributed by atoms with Crippen molar-refractivity contribution >= 4 is 34.8 Å². The van der Waals surface area contributed by atoms with Crippen molar-refractivity contribution in [3.8, 4) is 5.75 Å². The van der Waals surface area contributed by atoms with E-state index in [1.54, 1.807) is 18.2 Å². The fourth-order valence-electron chi connectivity index (χ4n) is 2.89. The van der Waals surface area contributed by atoms with Gasteiger partial charge in [-0.2, -0.15) is 0 Å². The van der Waals surface area contributed by atoms with Crippen molar-refractivity contribution in [2.75, 3.05) is 17.3 Å². The Morgan fingerprint density at radius 1 is 1.16 bits per heavy atom. The minimum atomic E-state index is -0.589. The van der Waals surface area contributed by atoms with Crippen molar-refractivity contribution in [3.05, 3.63) is 52.5 Å². The van der Waals surface area contributed by atoms with Gasteiger partial charge in [-0.1, -0.05) is 23.7 Å². The topological polar surface area (TPSA) is 58.6 Å². The predicted molar refractivity (Wildman–Crippen MR) is 98.4 cm³/mol. The zero-order valence-electron chi connectivity index (χ0n) is 14.3. The molecule has 1 atom stereocenters. The van der Waals surface area contributed by atoms with Gasteiger partial charge in [-0.15, -0.1) is 0 Å². The van der Waals surface area contributed by atoms with Crippen LogP contribution in [0.4, 0.5) is 11.4 Å². The van der Waals surface area contributed by atoms with Crippen LogP contribution in [0.25, 0.3) is 0 Å². The molecule has 130 valence electrons. The zero-order valence-corrected chi connectivity index (χ0v) is 15.1. The Kier molecular flexibility index (Phi) is 4.68. The third-order valence-corrected chi connectivity index (χ3v) is 4.56. The second kappa shape index (κ2) is 6.76. The number of rotatable bonds is 4. The van der Waals surface area contributed by atoms with Gasteiger partial charge in [0.15, 0.2) is 0 Å². The summed E-state index contributed by atoms with van der Waals surface area (Å²) in [6, 6.07) is 10.2. The smallest absolute Gasteiger partial charge is 0.256 e. The van der Waals surface area contributed by atoms with E-state index < -0.39 is 6.04 Å². The Morgan fingerprint density at radius 3 is 2.60 bits per heavy atom. The first kappa shape index (κ1) is 17.3. The number of nitrogens with zero attached hydrogens (tertiary/aromatic N) is 1. The number of anilines is 2. The summed E-state index contributed by atoms with van der Waals surface area (Å²) in [6.45, 7) is 3.95. The number of hydrogen-bond acceptors (Lipinski definition) is 4. The molecule has 0 spiro atoms. The third kappa shape index (κ3) is 3.33. The van der Waals surface area contributed by atoms with Crippen molar-refractivity contribution in [1.29, 1.82) is 0 Å². The molecule has 6 heteroatoms. The van der Waals surface area contributed by atoms with Gasteiger partial charge in [0.1, 0.15) is 11.8 Å². The molecule has 1 saturated heterocycles. The molecule has 2 aromatic rings. The number of ether oxygens (including phenoxy) is 1. The second-order valence-electron chi connectivity index (χ2n) is 6.11. The highest BCUT2D eigenvalue weighted by atomic mass is 35.5. The van der Waals surface area contributed by atoms with Crippen LogP contribution in [0, 0.1) is 13.8 Å². The van der Waals surface area contributed by atoms with Gasteiger partial charge >= 0.3 is 0 Å². The first-order chi connectivity index (χ1) is 11.9. The van der Waals surface area contributed by atoms with E-state index in [1.165, 1.54) is 12.0 Å². The number of aryl methyl sites for hydroxylation is 2. The molecule has 0 bridgehead atoms. The number of benzene rings is 2. The van der Waals surface area contributed by atoms with Gasteiger partial charge in [0.25, 0.3) is 5.91 Å². The fraction of sp³-hybridized carbons (Fsp3) is 0.263. The molecule has 1 aliphatic heterocycles. The molecule has 1 aliphatic rings. The summed E-state index contributed by atoms with van der Waals surface area (Å²) in [4.78, 5) is 26.3. The van der Waals surface area contributed by atoms with Crippen LogP contribution in [0.15, 0.2) is 36.4 Å². The summed E-state index contributed by atoms with van der Waals surface area (Å²) in [6.07, 6.45) is 0.107. The van der Waals surface area contributed by atoms with E-state index in [0.717, 1.165) is 16.8 Å². The standard InChI is InChI=1S/C19H19ClN2O3/c1-11-4-5-12(2)15(8-11)21-16-10-18(23)22(19(16)24)13-6-7-17(25-3)14(20)9-13/h4-9,16,21H,10H2,1-3H3/t16-/m0/s1. The number of carbonyl (C=O) groups is 2. The molecule has 2 aromatic carbocycles. The van der Waals surface area contributed by atoms with Crippen LogP contribution in [-0.2, 0) is 9.59 Å². The number of hydrogen-bond donors (Lipinski definition) is 1. The van der Waals surface area contributed by atoms with E-state index >= 15 is 0 Å². The summed E-state index contributed by atoms with van der Waals surface area (Å²) in [5.74, 6) is -0.0456. The minimum absolute atomic E-state index is 0.107. The van der Waals surface area contributed by atoms with Gasteiger partial charge in [-0.3, -0.25) is 9.59 Å². The van der Waals surface area contributed by atoms with Crippen molar-refractivity contribution in [2.45, 2.75) is 26.3 Å². The SMILES string of the molecule is COc1ccc(N2C(=O)C[C@H](Nc3cc(C)ccc3C)C2=O)cc1Cl. The zero-order chi connectivity index (χ0) is 18.1. The Labute approximate surface area is 151 Å². The van der Waals surface area contributed by atoms with E-state index in [-0.39, 0.29) is 18.2 Å². The summed E-state index contributed by atoms with van der Waals surface area (Å²) in [5.41, 5.74) is 3.42. The third-order valence-electron chi connectivity index (χ3n) is 4.26. The van der Waals surface area contributed by atoms with Crippen LogP contribution in [0.3, 0.4) is 0 Å². The molecule has 0 saturated carbocycles. The van der Waals surface area contributed by atoms with Gasteiger partial charge in [0, 0.05) is 5.69 Å². The Morgan fingerprint density at radius 2 is 1.92 bits per heavy atom. The molecule has 0 radical (unpaired) electrons. The number of halogens is 1.